The summed E-state index contributed by atoms with van der Waals surface area (Å²) in [5.41, 5.74) is 5.77. The highest BCUT2D eigenvalue weighted by atomic mass is 16.2. The van der Waals surface area contributed by atoms with E-state index < -0.39 is 11.8 Å². The number of nitrogens with zero attached hydrogens (tertiary/aromatic N) is 1. The maximum Gasteiger partial charge on any atom is 0.316 e. The third-order valence-corrected chi connectivity index (χ3v) is 2.83. The summed E-state index contributed by atoms with van der Waals surface area (Å²) in [4.78, 5) is 24.2. The van der Waals surface area contributed by atoms with Gasteiger partial charge in [-0.3, -0.25) is 9.59 Å². The van der Waals surface area contributed by atoms with Crippen molar-refractivity contribution in [1.82, 2.24) is 0 Å². The van der Waals surface area contributed by atoms with Crippen molar-refractivity contribution in [2.24, 2.45) is 5.73 Å². The maximum absolute atomic E-state index is 11.8. The molecular weight excluding hydrogens is 228 g/mol. The van der Waals surface area contributed by atoms with Gasteiger partial charge in [0.2, 0.25) is 0 Å². The normalized spacial score (nSPS) is 10.3. The Morgan fingerprint density at radius 3 is 2.44 bits per heavy atom. The Morgan fingerprint density at radius 2 is 1.78 bits per heavy atom. The van der Waals surface area contributed by atoms with E-state index in [-0.39, 0.29) is 0 Å². The van der Waals surface area contributed by atoms with Gasteiger partial charge >= 0.3 is 11.8 Å². The van der Waals surface area contributed by atoms with Gasteiger partial charge in [0, 0.05) is 11.9 Å². The SMILES string of the molecule is CCN(C(=O)C(N)=O)c1cccc2ccccc12. The molecule has 2 aromatic rings. The number of benzene rings is 2. The molecule has 0 aliphatic rings. The first-order valence-corrected chi connectivity index (χ1v) is 5.74. The van der Waals surface area contributed by atoms with E-state index in [4.69, 9.17) is 5.73 Å². The van der Waals surface area contributed by atoms with Crippen molar-refractivity contribution in [2.75, 3.05) is 11.4 Å². The summed E-state index contributed by atoms with van der Waals surface area (Å²) >= 11 is 0. The van der Waals surface area contributed by atoms with Gasteiger partial charge in [-0.2, -0.15) is 0 Å². The lowest BCUT2D eigenvalue weighted by atomic mass is 10.1. The Balaban J connectivity index is 2.58. The second-order valence-corrected chi connectivity index (χ2v) is 3.91. The maximum atomic E-state index is 11.8. The largest absolute Gasteiger partial charge is 0.361 e. The molecule has 0 heterocycles. The van der Waals surface area contributed by atoms with Crippen LogP contribution in [0.2, 0.25) is 0 Å². The van der Waals surface area contributed by atoms with E-state index in [1.54, 1.807) is 0 Å². The number of anilines is 1. The number of carbonyl (C=O) groups is 2. The molecule has 0 aliphatic heterocycles. The minimum absolute atomic E-state index is 0.399. The summed E-state index contributed by atoms with van der Waals surface area (Å²) in [5, 5.41) is 1.95. The monoisotopic (exact) mass is 242 g/mol. The third kappa shape index (κ3) is 2.05. The molecular formula is C14H14N2O2. The first-order valence-electron chi connectivity index (χ1n) is 5.74. The van der Waals surface area contributed by atoms with Gasteiger partial charge in [0.1, 0.15) is 0 Å². The molecule has 0 saturated carbocycles. The molecule has 2 aromatic carbocycles. The summed E-state index contributed by atoms with van der Waals surface area (Å²) < 4.78 is 0. The molecule has 0 spiro atoms. The van der Waals surface area contributed by atoms with Gasteiger partial charge in [-0.25, -0.2) is 0 Å². The molecule has 2 N–H and O–H groups in total. The molecule has 0 bridgehead atoms. The lowest BCUT2D eigenvalue weighted by Crippen LogP contribution is -2.40. The first kappa shape index (κ1) is 12.1. The van der Waals surface area contributed by atoms with Crippen LogP contribution in [0.15, 0.2) is 42.5 Å². The molecule has 0 aromatic heterocycles. The summed E-state index contributed by atoms with van der Waals surface area (Å²) in [5.74, 6) is -1.63. The zero-order chi connectivity index (χ0) is 13.1. The molecule has 0 radical (unpaired) electrons. The minimum Gasteiger partial charge on any atom is -0.361 e. The smallest absolute Gasteiger partial charge is 0.316 e. The van der Waals surface area contributed by atoms with Crippen molar-refractivity contribution in [2.45, 2.75) is 6.92 Å². The molecule has 18 heavy (non-hydrogen) atoms. The van der Waals surface area contributed by atoms with Crippen molar-refractivity contribution in [3.05, 3.63) is 42.5 Å². The lowest BCUT2D eigenvalue weighted by Gasteiger charge is -2.21. The molecule has 0 fully saturated rings. The van der Waals surface area contributed by atoms with Crippen molar-refractivity contribution in [1.29, 1.82) is 0 Å². The van der Waals surface area contributed by atoms with Crippen LogP contribution in [-0.4, -0.2) is 18.4 Å². The van der Waals surface area contributed by atoms with Crippen LogP contribution >= 0.6 is 0 Å². The zero-order valence-corrected chi connectivity index (χ0v) is 10.1. The van der Waals surface area contributed by atoms with E-state index in [0.717, 1.165) is 10.8 Å². The number of carbonyl (C=O) groups excluding carboxylic acids is 2. The van der Waals surface area contributed by atoms with Crippen LogP contribution in [0.3, 0.4) is 0 Å². The number of fused-ring (bicyclic) bond motifs is 1. The van der Waals surface area contributed by atoms with Gasteiger partial charge in [-0.1, -0.05) is 36.4 Å². The fourth-order valence-corrected chi connectivity index (χ4v) is 2.00. The van der Waals surface area contributed by atoms with E-state index in [9.17, 15) is 9.59 Å². The van der Waals surface area contributed by atoms with Gasteiger partial charge in [-0.05, 0) is 18.4 Å². The summed E-state index contributed by atoms with van der Waals surface area (Å²) in [6, 6.07) is 13.3. The molecule has 0 unspecified atom stereocenters. The quantitative estimate of drug-likeness (QED) is 0.814. The second-order valence-electron chi connectivity index (χ2n) is 3.91. The molecule has 4 heteroatoms. The average molecular weight is 242 g/mol. The van der Waals surface area contributed by atoms with Crippen LogP contribution in [-0.2, 0) is 9.59 Å². The van der Waals surface area contributed by atoms with E-state index in [0.29, 0.717) is 12.2 Å². The number of nitrogens with two attached hydrogens (primary N) is 1. The Bertz CT molecular complexity index is 602. The van der Waals surface area contributed by atoms with Crippen molar-refractivity contribution in [3.8, 4) is 0 Å². The zero-order valence-electron chi connectivity index (χ0n) is 10.1. The summed E-state index contributed by atoms with van der Waals surface area (Å²) in [7, 11) is 0. The topological polar surface area (TPSA) is 63.4 Å². The van der Waals surface area contributed by atoms with E-state index in [1.807, 2.05) is 49.4 Å². The van der Waals surface area contributed by atoms with Gasteiger partial charge in [0.25, 0.3) is 0 Å². The van der Waals surface area contributed by atoms with Crippen LogP contribution in [0.5, 0.6) is 0 Å². The number of hydrogen-bond acceptors (Lipinski definition) is 2. The number of amides is 2. The van der Waals surface area contributed by atoms with E-state index in [1.165, 1.54) is 4.90 Å². The Morgan fingerprint density at radius 1 is 1.11 bits per heavy atom. The van der Waals surface area contributed by atoms with Crippen LogP contribution in [0.25, 0.3) is 10.8 Å². The van der Waals surface area contributed by atoms with Gasteiger partial charge < -0.3 is 10.6 Å². The molecule has 2 amide bonds. The molecule has 0 atom stereocenters. The molecule has 4 nitrogen and oxygen atoms in total. The van der Waals surface area contributed by atoms with Crippen molar-refractivity contribution in [3.63, 3.8) is 0 Å². The Labute approximate surface area is 105 Å². The predicted molar refractivity (Wildman–Crippen MR) is 71.2 cm³/mol. The summed E-state index contributed by atoms with van der Waals surface area (Å²) in [6.45, 7) is 2.21. The molecule has 0 saturated heterocycles. The van der Waals surface area contributed by atoms with Crippen LogP contribution < -0.4 is 10.6 Å². The molecule has 92 valence electrons. The van der Waals surface area contributed by atoms with Crippen LogP contribution in [0.1, 0.15) is 6.92 Å². The van der Waals surface area contributed by atoms with E-state index >= 15 is 0 Å². The lowest BCUT2D eigenvalue weighted by molar-refractivity contribution is -0.135. The van der Waals surface area contributed by atoms with Crippen LogP contribution in [0.4, 0.5) is 5.69 Å². The van der Waals surface area contributed by atoms with Gasteiger partial charge in [0.15, 0.2) is 0 Å². The number of rotatable bonds is 2. The highest BCUT2D eigenvalue weighted by Gasteiger charge is 2.20. The van der Waals surface area contributed by atoms with Crippen molar-refractivity contribution < 1.29 is 9.59 Å². The van der Waals surface area contributed by atoms with Gasteiger partial charge in [0.05, 0.1) is 5.69 Å². The molecule has 2 rings (SSSR count). The fourth-order valence-electron chi connectivity index (χ4n) is 2.00. The van der Waals surface area contributed by atoms with E-state index in [2.05, 4.69) is 0 Å². The number of hydrogen-bond donors (Lipinski definition) is 1. The minimum atomic E-state index is -0.940. The standard InChI is InChI=1S/C14H14N2O2/c1-2-16(14(18)13(15)17)12-9-5-7-10-6-3-4-8-11(10)12/h3-9H,2H2,1H3,(H2,15,17). The highest BCUT2D eigenvalue weighted by molar-refractivity contribution is 6.40. The third-order valence-electron chi connectivity index (χ3n) is 2.83. The average Bonchev–Trinajstić information content (AvgIpc) is 2.39. The Hall–Kier alpha value is -2.36. The van der Waals surface area contributed by atoms with Crippen molar-refractivity contribution >= 4 is 28.3 Å². The summed E-state index contributed by atoms with van der Waals surface area (Å²) in [6.07, 6.45) is 0. The number of likely N-dealkylation sites (N-methyl/N-ethyl adjacent to an activating group) is 1. The van der Waals surface area contributed by atoms with Gasteiger partial charge in [-0.15, -0.1) is 0 Å². The fraction of sp³-hybridized carbons (Fsp3) is 0.143. The Kier molecular flexibility index (Phi) is 3.28. The first-order chi connectivity index (χ1) is 8.65. The molecule has 0 aliphatic carbocycles. The predicted octanol–water partition coefficient (Wildman–Crippen LogP) is 1.68. The number of primary amides is 1. The van der Waals surface area contributed by atoms with Crippen LogP contribution in [0, 0.1) is 0 Å². The highest BCUT2D eigenvalue weighted by Crippen LogP contribution is 2.26. The second kappa shape index (κ2) is 4.87.